The maximum Gasteiger partial charge on any atom is 0.324 e. The second-order valence-electron chi connectivity index (χ2n) is 7.75. The molecule has 2 aliphatic rings. The molecule has 1 aliphatic carbocycles. The fraction of sp³-hybridized carbons (Fsp3) is 0.550. The molecular formula is C20H27N7O2S. The van der Waals surface area contributed by atoms with Gasteiger partial charge in [-0.15, -0.1) is 0 Å². The molecule has 2 aromatic rings. The van der Waals surface area contributed by atoms with E-state index < -0.39 is 11.9 Å². The summed E-state index contributed by atoms with van der Waals surface area (Å²) in [6, 6.07) is -0.911. The number of rotatable bonds is 5. The quantitative estimate of drug-likeness (QED) is 0.753. The number of primary amides is 1. The van der Waals surface area contributed by atoms with Crippen molar-refractivity contribution in [2.24, 2.45) is 11.7 Å². The van der Waals surface area contributed by atoms with Crippen molar-refractivity contribution >= 4 is 34.4 Å². The third-order valence-corrected chi connectivity index (χ3v) is 6.93. The first-order valence-electron chi connectivity index (χ1n) is 10.4. The molecule has 10 heteroatoms. The van der Waals surface area contributed by atoms with Crippen molar-refractivity contribution in [1.82, 2.24) is 19.9 Å². The normalized spacial score (nSPS) is 19.9. The minimum atomic E-state index is -0.579. The molecule has 160 valence electrons. The first-order valence-corrected chi connectivity index (χ1v) is 11.2. The number of thiazole rings is 1. The van der Waals surface area contributed by atoms with E-state index in [1.807, 2.05) is 13.1 Å². The van der Waals surface area contributed by atoms with Gasteiger partial charge in [-0.1, -0.05) is 18.3 Å². The maximum atomic E-state index is 12.8. The first kappa shape index (κ1) is 20.5. The van der Waals surface area contributed by atoms with Crippen LogP contribution in [0.3, 0.4) is 0 Å². The lowest BCUT2D eigenvalue weighted by molar-refractivity contribution is -0.122. The highest BCUT2D eigenvalue weighted by Crippen LogP contribution is 2.39. The average Bonchev–Trinajstić information content (AvgIpc) is 3.32. The average molecular weight is 430 g/mol. The van der Waals surface area contributed by atoms with Crippen LogP contribution >= 0.6 is 11.3 Å². The van der Waals surface area contributed by atoms with Gasteiger partial charge in [0.15, 0.2) is 5.13 Å². The molecule has 0 radical (unpaired) electrons. The topological polar surface area (TPSA) is 117 Å². The second kappa shape index (κ2) is 8.17. The number of hydrogen-bond donors (Lipinski definition) is 2. The Morgan fingerprint density at radius 2 is 2.07 bits per heavy atom. The van der Waals surface area contributed by atoms with Crippen molar-refractivity contribution in [3.8, 4) is 10.6 Å². The van der Waals surface area contributed by atoms with Gasteiger partial charge < -0.3 is 15.5 Å². The summed E-state index contributed by atoms with van der Waals surface area (Å²) < 4.78 is 0. The van der Waals surface area contributed by atoms with Crippen molar-refractivity contribution in [2.75, 3.05) is 29.9 Å². The largest absolute Gasteiger partial charge is 0.368 e. The Balaban J connectivity index is 1.58. The van der Waals surface area contributed by atoms with E-state index >= 15 is 0 Å². The zero-order valence-corrected chi connectivity index (χ0v) is 18.3. The van der Waals surface area contributed by atoms with Gasteiger partial charge in [-0.05, 0) is 44.6 Å². The van der Waals surface area contributed by atoms with Crippen LogP contribution in [0.25, 0.3) is 10.6 Å². The van der Waals surface area contributed by atoms with Crippen molar-refractivity contribution in [2.45, 2.75) is 46.1 Å². The third kappa shape index (κ3) is 3.60. The predicted molar refractivity (Wildman–Crippen MR) is 117 cm³/mol. The Morgan fingerprint density at radius 3 is 2.77 bits per heavy atom. The van der Waals surface area contributed by atoms with E-state index in [9.17, 15) is 9.59 Å². The maximum absolute atomic E-state index is 12.8. The van der Waals surface area contributed by atoms with Crippen LogP contribution in [0.15, 0.2) is 6.20 Å². The number of anilines is 2. The first-order chi connectivity index (χ1) is 14.4. The van der Waals surface area contributed by atoms with Crippen molar-refractivity contribution in [1.29, 1.82) is 0 Å². The molecule has 1 fully saturated rings. The van der Waals surface area contributed by atoms with Crippen LogP contribution < -0.4 is 16.0 Å². The number of carbonyl (C=O) groups is 2. The number of nitrogens with one attached hydrogen (secondary N) is 1. The van der Waals surface area contributed by atoms with Crippen LogP contribution in [-0.4, -0.2) is 57.5 Å². The van der Waals surface area contributed by atoms with E-state index in [1.54, 1.807) is 0 Å². The molecule has 0 spiro atoms. The van der Waals surface area contributed by atoms with Crippen LogP contribution in [-0.2, 0) is 17.6 Å². The molecule has 0 saturated carbocycles. The van der Waals surface area contributed by atoms with Gasteiger partial charge in [-0.25, -0.2) is 19.7 Å². The van der Waals surface area contributed by atoms with Crippen LogP contribution in [0.2, 0.25) is 0 Å². The monoisotopic (exact) mass is 429 g/mol. The molecule has 0 aromatic carbocycles. The third-order valence-electron chi connectivity index (χ3n) is 5.91. The van der Waals surface area contributed by atoms with Gasteiger partial charge in [0.2, 0.25) is 11.9 Å². The van der Waals surface area contributed by atoms with Crippen molar-refractivity contribution < 1.29 is 9.59 Å². The van der Waals surface area contributed by atoms with E-state index in [4.69, 9.17) is 10.7 Å². The summed E-state index contributed by atoms with van der Waals surface area (Å²) >= 11 is 1.42. The number of carbonyl (C=O) groups excluding carboxylic acids is 2. The number of aryl methyl sites for hydroxylation is 2. The molecule has 3 N–H and O–H groups in total. The highest BCUT2D eigenvalue weighted by molar-refractivity contribution is 7.19. The number of nitrogens with zero attached hydrogens (tertiary/aromatic N) is 5. The van der Waals surface area contributed by atoms with E-state index in [1.165, 1.54) is 16.2 Å². The Hall–Kier alpha value is -2.75. The molecule has 2 atom stereocenters. The van der Waals surface area contributed by atoms with Gasteiger partial charge in [0.25, 0.3) is 0 Å². The predicted octanol–water partition coefficient (Wildman–Crippen LogP) is 2.27. The Bertz CT molecular complexity index is 972. The van der Waals surface area contributed by atoms with Gasteiger partial charge in [-0.3, -0.25) is 10.1 Å². The molecule has 9 nitrogen and oxygen atoms in total. The summed E-state index contributed by atoms with van der Waals surface area (Å²) in [5.41, 5.74) is 8.45. The van der Waals surface area contributed by atoms with Gasteiger partial charge in [0, 0.05) is 25.8 Å². The van der Waals surface area contributed by atoms with E-state index in [0.29, 0.717) is 17.6 Å². The lowest BCUT2D eigenvalue weighted by Crippen LogP contribution is -2.47. The highest BCUT2D eigenvalue weighted by Gasteiger charge is 2.38. The zero-order chi connectivity index (χ0) is 21.4. The molecule has 3 heterocycles. The number of hydrogen-bond acceptors (Lipinski definition) is 7. The Labute approximate surface area is 179 Å². The van der Waals surface area contributed by atoms with Gasteiger partial charge >= 0.3 is 6.03 Å². The molecule has 1 aliphatic heterocycles. The van der Waals surface area contributed by atoms with E-state index in [2.05, 4.69) is 34.0 Å². The number of urea groups is 1. The molecule has 4 rings (SSSR count). The van der Waals surface area contributed by atoms with E-state index in [-0.39, 0.29) is 11.9 Å². The summed E-state index contributed by atoms with van der Waals surface area (Å²) in [6.07, 6.45) is 4.27. The van der Waals surface area contributed by atoms with Gasteiger partial charge in [-0.2, -0.15) is 0 Å². The number of nitrogens with two attached hydrogens (primary N) is 1. The van der Waals surface area contributed by atoms with Crippen LogP contribution in [0.5, 0.6) is 0 Å². The molecule has 0 unspecified atom stereocenters. The molecule has 2 aromatic heterocycles. The minimum Gasteiger partial charge on any atom is -0.368 e. The number of likely N-dealkylation sites (tertiary alicyclic amines) is 1. The molecule has 0 bridgehead atoms. The minimum absolute atomic E-state index is 0.0554. The van der Waals surface area contributed by atoms with Crippen LogP contribution in [0.1, 0.15) is 38.4 Å². The number of aromatic nitrogens is 3. The fourth-order valence-corrected chi connectivity index (χ4v) is 5.25. The van der Waals surface area contributed by atoms with Crippen molar-refractivity contribution in [3.05, 3.63) is 17.5 Å². The summed E-state index contributed by atoms with van der Waals surface area (Å²) in [5.74, 6) is 0.295. The zero-order valence-electron chi connectivity index (χ0n) is 17.5. The van der Waals surface area contributed by atoms with Gasteiger partial charge in [0.05, 0.1) is 16.3 Å². The molecule has 30 heavy (non-hydrogen) atoms. The van der Waals surface area contributed by atoms with Crippen molar-refractivity contribution in [3.63, 3.8) is 0 Å². The second-order valence-corrected chi connectivity index (χ2v) is 8.75. The fourth-order valence-electron chi connectivity index (χ4n) is 4.22. The standard InChI is InChI=1S/C20H27N7O2S/c1-4-26(5-2)18-22-10-12-6-7-13-16(14(12)24-18)30-19(23-13)25-20(29)27-9-8-11(3)15(27)17(21)28/h10-11,15H,4-9H2,1-3H3,(H2,21,28)(H,23,25,29)/t11-,15-/m0/s1. The Kier molecular flexibility index (Phi) is 5.59. The lowest BCUT2D eigenvalue weighted by Gasteiger charge is -2.23. The number of fused-ring (bicyclic) bond motifs is 3. The Morgan fingerprint density at radius 1 is 1.30 bits per heavy atom. The SMILES string of the molecule is CCN(CC)c1ncc2c(n1)-c1sc(NC(=O)N3CC[C@H](C)[C@H]3C(N)=O)nc1CC2. The lowest BCUT2D eigenvalue weighted by atomic mass is 10.00. The molecular weight excluding hydrogens is 402 g/mol. The summed E-state index contributed by atoms with van der Waals surface area (Å²) in [7, 11) is 0. The van der Waals surface area contributed by atoms with Crippen LogP contribution in [0, 0.1) is 5.92 Å². The number of amides is 3. The summed E-state index contributed by atoms with van der Waals surface area (Å²) in [4.78, 5) is 43.1. The molecule has 3 amide bonds. The summed E-state index contributed by atoms with van der Waals surface area (Å²) in [6.45, 7) is 8.28. The van der Waals surface area contributed by atoms with E-state index in [0.717, 1.165) is 54.2 Å². The highest BCUT2D eigenvalue weighted by atomic mass is 32.1. The molecule has 1 saturated heterocycles. The smallest absolute Gasteiger partial charge is 0.324 e. The van der Waals surface area contributed by atoms with Gasteiger partial charge in [0.1, 0.15) is 6.04 Å². The summed E-state index contributed by atoms with van der Waals surface area (Å²) in [5, 5.41) is 3.39. The van der Waals surface area contributed by atoms with Crippen LogP contribution in [0.4, 0.5) is 15.9 Å².